The first-order chi connectivity index (χ1) is 10.8. The number of aromatic nitrogens is 2. The van der Waals surface area contributed by atoms with Crippen LogP contribution in [0.1, 0.15) is 29.8 Å². The van der Waals surface area contributed by atoms with Crippen LogP contribution in [0.25, 0.3) is 0 Å². The Morgan fingerprint density at radius 2 is 1.82 bits per heavy atom. The van der Waals surface area contributed by atoms with Gasteiger partial charge in [-0.3, -0.25) is 9.78 Å². The van der Waals surface area contributed by atoms with Crippen molar-refractivity contribution in [2.24, 2.45) is 0 Å². The zero-order valence-electron chi connectivity index (χ0n) is 12.3. The molecule has 1 aliphatic rings. The van der Waals surface area contributed by atoms with E-state index in [1.165, 1.54) is 6.42 Å². The monoisotopic (exact) mass is 297 g/mol. The molecule has 3 heterocycles. The van der Waals surface area contributed by atoms with Gasteiger partial charge in [0.25, 0.3) is 5.91 Å². The molecular weight excluding hydrogens is 278 g/mol. The van der Waals surface area contributed by atoms with Gasteiger partial charge in [-0.15, -0.1) is 0 Å². The molecule has 1 amide bonds. The summed E-state index contributed by atoms with van der Waals surface area (Å²) in [5.41, 5.74) is 8.51. The molecule has 0 bridgehead atoms. The van der Waals surface area contributed by atoms with E-state index in [-0.39, 0.29) is 5.91 Å². The maximum Gasteiger partial charge on any atom is 0.276 e. The van der Waals surface area contributed by atoms with Gasteiger partial charge < -0.3 is 16.0 Å². The number of pyridine rings is 2. The van der Waals surface area contributed by atoms with Crippen molar-refractivity contribution in [3.05, 3.63) is 42.5 Å². The molecule has 22 heavy (non-hydrogen) atoms. The molecule has 3 rings (SSSR count). The summed E-state index contributed by atoms with van der Waals surface area (Å²) in [6.45, 7) is 1.82. The third-order valence-electron chi connectivity index (χ3n) is 3.78. The number of piperidine rings is 1. The van der Waals surface area contributed by atoms with Gasteiger partial charge in [0.2, 0.25) is 0 Å². The molecule has 3 N–H and O–H groups in total. The number of rotatable bonds is 3. The van der Waals surface area contributed by atoms with E-state index < -0.39 is 0 Å². The summed E-state index contributed by atoms with van der Waals surface area (Å²) < 4.78 is 0. The first-order valence-corrected chi connectivity index (χ1v) is 7.46. The van der Waals surface area contributed by atoms with Crippen LogP contribution in [-0.4, -0.2) is 29.0 Å². The minimum Gasteiger partial charge on any atom is -0.397 e. The van der Waals surface area contributed by atoms with Crippen molar-refractivity contribution in [3.8, 4) is 0 Å². The topological polar surface area (TPSA) is 84.1 Å². The number of nitrogen functional groups attached to an aromatic ring is 1. The Morgan fingerprint density at radius 3 is 2.55 bits per heavy atom. The third kappa shape index (κ3) is 3.00. The molecule has 6 heteroatoms. The van der Waals surface area contributed by atoms with Crippen molar-refractivity contribution < 1.29 is 4.79 Å². The minimum atomic E-state index is -0.251. The van der Waals surface area contributed by atoms with Crippen molar-refractivity contribution in [3.63, 3.8) is 0 Å². The molecule has 0 atom stereocenters. The Balaban J connectivity index is 1.89. The lowest BCUT2D eigenvalue weighted by molar-refractivity contribution is 0.102. The van der Waals surface area contributed by atoms with Crippen LogP contribution in [0.4, 0.5) is 17.1 Å². The van der Waals surface area contributed by atoms with Crippen molar-refractivity contribution in [2.45, 2.75) is 19.3 Å². The number of nitrogens with two attached hydrogens (primary N) is 1. The Hall–Kier alpha value is -2.63. The van der Waals surface area contributed by atoms with Gasteiger partial charge in [0, 0.05) is 37.4 Å². The van der Waals surface area contributed by atoms with E-state index in [2.05, 4.69) is 20.2 Å². The summed E-state index contributed by atoms with van der Waals surface area (Å²) in [5.74, 6) is -0.251. The number of anilines is 3. The molecule has 6 nitrogen and oxygen atoms in total. The molecule has 114 valence electrons. The first kappa shape index (κ1) is 14.3. The number of hydrogen-bond donors (Lipinski definition) is 2. The summed E-state index contributed by atoms with van der Waals surface area (Å²) in [5, 5.41) is 2.84. The van der Waals surface area contributed by atoms with Crippen LogP contribution in [0.5, 0.6) is 0 Å². The molecule has 1 fully saturated rings. The van der Waals surface area contributed by atoms with Gasteiger partial charge in [-0.25, -0.2) is 4.98 Å². The summed E-state index contributed by atoms with van der Waals surface area (Å²) in [7, 11) is 0. The second kappa shape index (κ2) is 6.43. The smallest absolute Gasteiger partial charge is 0.276 e. The molecular formula is C16H19N5O. The maximum absolute atomic E-state index is 12.6. The molecule has 0 aromatic carbocycles. The molecule has 0 aliphatic carbocycles. The Labute approximate surface area is 129 Å². The predicted octanol–water partition coefficient (Wildman–Crippen LogP) is 2.30. The van der Waals surface area contributed by atoms with Crippen molar-refractivity contribution in [1.29, 1.82) is 0 Å². The van der Waals surface area contributed by atoms with E-state index in [9.17, 15) is 4.79 Å². The average Bonchev–Trinajstić information content (AvgIpc) is 2.56. The SMILES string of the molecule is Nc1ccnc(C(=O)Nc2ccncc2)c1N1CCCCC1. The fourth-order valence-corrected chi connectivity index (χ4v) is 2.71. The standard InChI is InChI=1S/C16H19N5O/c17-13-6-9-19-14(15(13)21-10-2-1-3-11-21)16(22)20-12-4-7-18-8-5-12/h4-9H,1-3,10-11H2,(H2,17,19)(H,18,20,22). The highest BCUT2D eigenvalue weighted by Gasteiger charge is 2.22. The van der Waals surface area contributed by atoms with Crippen molar-refractivity contribution >= 4 is 23.0 Å². The Morgan fingerprint density at radius 1 is 1.09 bits per heavy atom. The molecule has 0 spiro atoms. The molecule has 0 radical (unpaired) electrons. The molecule has 2 aromatic heterocycles. The van der Waals surface area contributed by atoms with Gasteiger partial charge in [0.05, 0.1) is 11.4 Å². The van der Waals surface area contributed by atoms with Crippen LogP contribution in [0.2, 0.25) is 0 Å². The first-order valence-electron chi connectivity index (χ1n) is 7.46. The van der Waals surface area contributed by atoms with Crippen LogP contribution in [0.3, 0.4) is 0 Å². The average molecular weight is 297 g/mol. The molecule has 1 aliphatic heterocycles. The van der Waals surface area contributed by atoms with Crippen molar-refractivity contribution in [2.75, 3.05) is 29.0 Å². The van der Waals surface area contributed by atoms with Crippen LogP contribution < -0.4 is 16.0 Å². The van der Waals surface area contributed by atoms with Gasteiger partial charge in [-0.05, 0) is 37.5 Å². The van der Waals surface area contributed by atoms with Gasteiger partial charge in [-0.1, -0.05) is 0 Å². The van der Waals surface area contributed by atoms with Gasteiger partial charge in [0.1, 0.15) is 0 Å². The highest BCUT2D eigenvalue weighted by Crippen LogP contribution is 2.29. The summed E-state index contributed by atoms with van der Waals surface area (Å²) in [4.78, 5) is 22.9. The lowest BCUT2D eigenvalue weighted by Gasteiger charge is -2.30. The van der Waals surface area contributed by atoms with Gasteiger partial charge in [-0.2, -0.15) is 0 Å². The van der Waals surface area contributed by atoms with E-state index >= 15 is 0 Å². The quantitative estimate of drug-likeness (QED) is 0.908. The van der Waals surface area contributed by atoms with Crippen molar-refractivity contribution in [1.82, 2.24) is 9.97 Å². The van der Waals surface area contributed by atoms with Crippen LogP contribution in [0, 0.1) is 0 Å². The second-order valence-electron chi connectivity index (χ2n) is 5.34. The van der Waals surface area contributed by atoms with E-state index in [1.807, 2.05) is 0 Å². The fourth-order valence-electron chi connectivity index (χ4n) is 2.71. The van der Waals surface area contributed by atoms with Crippen LogP contribution in [0.15, 0.2) is 36.8 Å². The van der Waals surface area contributed by atoms with Crippen LogP contribution >= 0.6 is 0 Å². The zero-order valence-corrected chi connectivity index (χ0v) is 12.3. The number of hydrogen-bond acceptors (Lipinski definition) is 5. The molecule has 1 saturated heterocycles. The number of carbonyl (C=O) groups is 1. The second-order valence-corrected chi connectivity index (χ2v) is 5.34. The van der Waals surface area contributed by atoms with E-state index in [0.717, 1.165) is 31.6 Å². The lowest BCUT2D eigenvalue weighted by Crippen LogP contribution is -2.32. The minimum absolute atomic E-state index is 0.251. The zero-order chi connectivity index (χ0) is 15.4. The largest absolute Gasteiger partial charge is 0.397 e. The summed E-state index contributed by atoms with van der Waals surface area (Å²) in [6, 6.07) is 5.22. The molecule has 0 saturated carbocycles. The highest BCUT2D eigenvalue weighted by atomic mass is 16.1. The fraction of sp³-hybridized carbons (Fsp3) is 0.312. The highest BCUT2D eigenvalue weighted by molar-refractivity contribution is 6.08. The maximum atomic E-state index is 12.6. The van der Waals surface area contributed by atoms with Crippen LogP contribution in [-0.2, 0) is 0 Å². The normalized spacial score (nSPS) is 14.6. The number of amides is 1. The number of carbonyl (C=O) groups excluding carboxylic acids is 1. The van der Waals surface area contributed by atoms with Gasteiger partial charge >= 0.3 is 0 Å². The molecule has 0 unspecified atom stereocenters. The third-order valence-corrected chi connectivity index (χ3v) is 3.78. The van der Waals surface area contributed by atoms with Gasteiger partial charge in [0.15, 0.2) is 5.69 Å². The number of nitrogens with one attached hydrogen (secondary N) is 1. The Kier molecular flexibility index (Phi) is 4.18. The van der Waals surface area contributed by atoms with E-state index in [1.54, 1.807) is 36.8 Å². The van der Waals surface area contributed by atoms with E-state index in [4.69, 9.17) is 5.73 Å². The predicted molar refractivity (Wildman–Crippen MR) is 86.9 cm³/mol. The summed E-state index contributed by atoms with van der Waals surface area (Å²) in [6.07, 6.45) is 8.28. The summed E-state index contributed by atoms with van der Waals surface area (Å²) >= 11 is 0. The Bertz CT molecular complexity index is 653. The lowest BCUT2D eigenvalue weighted by atomic mass is 10.1. The number of nitrogens with zero attached hydrogens (tertiary/aromatic N) is 3. The molecule has 2 aromatic rings. The van der Waals surface area contributed by atoms with E-state index in [0.29, 0.717) is 17.1 Å².